The van der Waals surface area contributed by atoms with Gasteiger partial charge in [-0.05, 0) is 42.5 Å². The fraction of sp³-hybridized carbons (Fsp3) is 0.381. The van der Waals surface area contributed by atoms with Crippen molar-refractivity contribution in [3.05, 3.63) is 50.2 Å². The number of carbonyl (C=O) groups is 2. The number of aryl methyl sites for hydroxylation is 1. The van der Waals surface area contributed by atoms with Crippen LogP contribution in [0.2, 0.25) is 5.02 Å². The van der Waals surface area contributed by atoms with Crippen molar-refractivity contribution in [3.63, 3.8) is 0 Å². The Morgan fingerprint density at radius 3 is 2.73 bits per heavy atom. The standard InChI is InChI=1S/C21H21ClN4O2S2/c1-12-16-8-13(22)2-3-17(16)30-18(12)20(27)26-10-15(11-26)24-14-4-6-25(9-14)21(28)19-23-5-7-29-19/h2-3,5,7-8,14-15,24H,4,6,9-11H2,1H3. The number of thiazole rings is 1. The van der Waals surface area contributed by atoms with Crippen LogP contribution in [0.5, 0.6) is 0 Å². The van der Waals surface area contributed by atoms with Gasteiger partial charge in [-0.1, -0.05) is 11.6 Å². The summed E-state index contributed by atoms with van der Waals surface area (Å²) in [6, 6.07) is 6.31. The second kappa shape index (κ2) is 7.92. The van der Waals surface area contributed by atoms with E-state index in [2.05, 4.69) is 10.3 Å². The molecule has 1 unspecified atom stereocenters. The van der Waals surface area contributed by atoms with Gasteiger partial charge in [-0.25, -0.2) is 4.98 Å². The molecule has 0 saturated carbocycles. The number of hydrogen-bond donors (Lipinski definition) is 1. The van der Waals surface area contributed by atoms with Crippen molar-refractivity contribution in [3.8, 4) is 0 Å². The van der Waals surface area contributed by atoms with Gasteiger partial charge < -0.3 is 15.1 Å². The largest absolute Gasteiger partial charge is 0.335 e. The van der Waals surface area contributed by atoms with Gasteiger partial charge in [-0.3, -0.25) is 9.59 Å². The number of nitrogens with one attached hydrogen (secondary N) is 1. The summed E-state index contributed by atoms with van der Waals surface area (Å²) in [5.41, 5.74) is 1.01. The highest BCUT2D eigenvalue weighted by Gasteiger charge is 2.36. The number of aromatic nitrogens is 1. The summed E-state index contributed by atoms with van der Waals surface area (Å²) < 4.78 is 1.09. The zero-order chi connectivity index (χ0) is 20.8. The first kappa shape index (κ1) is 19.9. The van der Waals surface area contributed by atoms with Crippen LogP contribution in [0.15, 0.2) is 29.8 Å². The van der Waals surface area contributed by atoms with Gasteiger partial charge in [-0.2, -0.15) is 0 Å². The van der Waals surface area contributed by atoms with Gasteiger partial charge in [0.25, 0.3) is 11.8 Å². The molecule has 0 radical (unpaired) electrons. The third-order valence-corrected chi connectivity index (χ3v) is 8.08. The van der Waals surface area contributed by atoms with Crippen LogP contribution in [0.4, 0.5) is 0 Å². The van der Waals surface area contributed by atoms with Gasteiger partial charge >= 0.3 is 0 Å². The molecule has 2 saturated heterocycles. The van der Waals surface area contributed by atoms with E-state index in [1.807, 2.05) is 40.3 Å². The van der Waals surface area contributed by atoms with E-state index in [4.69, 9.17) is 11.6 Å². The molecule has 2 fully saturated rings. The Balaban J connectivity index is 1.16. The number of rotatable bonds is 4. The highest BCUT2D eigenvalue weighted by molar-refractivity contribution is 7.21. The quantitative estimate of drug-likeness (QED) is 0.645. The zero-order valence-corrected chi connectivity index (χ0v) is 18.8. The summed E-state index contributed by atoms with van der Waals surface area (Å²) in [6.45, 7) is 4.83. The topological polar surface area (TPSA) is 65.5 Å². The van der Waals surface area contributed by atoms with Crippen molar-refractivity contribution in [1.82, 2.24) is 20.1 Å². The highest BCUT2D eigenvalue weighted by atomic mass is 35.5. The van der Waals surface area contributed by atoms with E-state index in [1.54, 1.807) is 6.20 Å². The van der Waals surface area contributed by atoms with E-state index in [-0.39, 0.29) is 23.9 Å². The van der Waals surface area contributed by atoms with Crippen LogP contribution in [0.25, 0.3) is 10.1 Å². The predicted molar refractivity (Wildman–Crippen MR) is 121 cm³/mol. The average molecular weight is 461 g/mol. The van der Waals surface area contributed by atoms with E-state index in [9.17, 15) is 9.59 Å². The normalized spacial score (nSPS) is 19.5. The molecule has 1 aromatic carbocycles. The average Bonchev–Trinajstić information content (AvgIpc) is 3.45. The molecule has 156 valence electrons. The van der Waals surface area contributed by atoms with Crippen LogP contribution < -0.4 is 5.32 Å². The SMILES string of the molecule is Cc1c(C(=O)N2CC(NC3CCN(C(=O)c4nccs4)C3)C2)sc2ccc(Cl)cc12. The molecule has 3 aromatic rings. The van der Waals surface area contributed by atoms with Gasteiger partial charge in [0, 0.05) is 59.6 Å². The molecular formula is C21H21ClN4O2S2. The van der Waals surface area contributed by atoms with Crippen LogP contribution in [0.1, 0.15) is 31.5 Å². The summed E-state index contributed by atoms with van der Waals surface area (Å²) >= 11 is 9.03. The van der Waals surface area contributed by atoms with Crippen LogP contribution in [0, 0.1) is 6.92 Å². The number of amides is 2. The third-order valence-electron chi connectivity index (χ3n) is 5.82. The van der Waals surface area contributed by atoms with Gasteiger partial charge in [0.1, 0.15) is 0 Å². The van der Waals surface area contributed by atoms with Crippen molar-refractivity contribution in [2.45, 2.75) is 25.4 Å². The van der Waals surface area contributed by atoms with Crippen LogP contribution in [0.3, 0.4) is 0 Å². The lowest BCUT2D eigenvalue weighted by Crippen LogP contribution is -2.62. The lowest BCUT2D eigenvalue weighted by molar-refractivity contribution is 0.0557. The molecule has 2 aliphatic rings. The fourth-order valence-corrected chi connectivity index (χ4v) is 6.10. The Bertz CT molecular complexity index is 1110. The Hall–Kier alpha value is -2.00. The Labute approximate surface area is 187 Å². The van der Waals surface area contributed by atoms with E-state index >= 15 is 0 Å². The van der Waals surface area contributed by atoms with Gasteiger partial charge in [-0.15, -0.1) is 22.7 Å². The summed E-state index contributed by atoms with van der Waals surface area (Å²) in [4.78, 5) is 34.1. The minimum absolute atomic E-state index is 0.0139. The molecule has 2 amide bonds. The summed E-state index contributed by atoms with van der Waals surface area (Å²) in [5, 5.41) is 7.74. The third kappa shape index (κ3) is 3.62. The molecule has 0 spiro atoms. The monoisotopic (exact) mass is 460 g/mol. The number of carbonyl (C=O) groups excluding carboxylic acids is 2. The molecule has 0 aliphatic carbocycles. The Morgan fingerprint density at radius 1 is 1.17 bits per heavy atom. The number of thiophene rings is 1. The lowest BCUT2D eigenvalue weighted by Gasteiger charge is -2.41. The molecule has 5 rings (SSSR count). The predicted octanol–water partition coefficient (Wildman–Crippen LogP) is 3.65. The molecule has 0 bridgehead atoms. The Morgan fingerprint density at radius 2 is 1.97 bits per heavy atom. The minimum atomic E-state index is 0.0139. The Kier molecular flexibility index (Phi) is 5.26. The molecule has 2 aliphatic heterocycles. The van der Waals surface area contributed by atoms with E-state index in [0.29, 0.717) is 29.7 Å². The van der Waals surface area contributed by atoms with E-state index in [1.165, 1.54) is 22.7 Å². The zero-order valence-electron chi connectivity index (χ0n) is 16.4. The number of fused-ring (bicyclic) bond motifs is 1. The number of halogens is 1. The molecule has 30 heavy (non-hydrogen) atoms. The van der Waals surface area contributed by atoms with Crippen LogP contribution in [-0.2, 0) is 0 Å². The highest BCUT2D eigenvalue weighted by Crippen LogP contribution is 2.34. The summed E-state index contributed by atoms with van der Waals surface area (Å²) in [6.07, 6.45) is 2.59. The van der Waals surface area contributed by atoms with E-state index in [0.717, 1.165) is 33.5 Å². The first-order valence-corrected chi connectivity index (χ1v) is 12.0. The molecular weight excluding hydrogens is 440 g/mol. The van der Waals surface area contributed by atoms with Crippen molar-refractivity contribution >= 4 is 56.2 Å². The number of likely N-dealkylation sites (tertiary alicyclic amines) is 2. The maximum Gasteiger partial charge on any atom is 0.282 e. The lowest BCUT2D eigenvalue weighted by atomic mass is 10.1. The van der Waals surface area contributed by atoms with Gasteiger partial charge in [0.15, 0.2) is 5.01 Å². The molecule has 9 heteroatoms. The first-order chi connectivity index (χ1) is 14.5. The second-order valence-electron chi connectivity index (χ2n) is 7.84. The molecule has 4 heterocycles. The van der Waals surface area contributed by atoms with Crippen molar-refractivity contribution in [2.24, 2.45) is 0 Å². The van der Waals surface area contributed by atoms with Crippen molar-refractivity contribution in [1.29, 1.82) is 0 Å². The van der Waals surface area contributed by atoms with Gasteiger partial charge in [0.05, 0.1) is 4.88 Å². The van der Waals surface area contributed by atoms with Crippen LogP contribution >= 0.6 is 34.3 Å². The summed E-state index contributed by atoms with van der Waals surface area (Å²) in [7, 11) is 0. The molecule has 1 N–H and O–H groups in total. The van der Waals surface area contributed by atoms with Crippen molar-refractivity contribution in [2.75, 3.05) is 26.2 Å². The first-order valence-electron chi connectivity index (χ1n) is 9.92. The van der Waals surface area contributed by atoms with Gasteiger partial charge in [0.2, 0.25) is 0 Å². The van der Waals surface area contributed by atoms with Crippen molar-refractivity contribution < 1.29 is 9.59 Å². The minimum Gasteiger partial charge on any atom is -0.335 e. The maximum absolute atomic E-state index is 13.0. The smallest absolute Gasteiger partial charge is 0.282 e. The molecule has 1 atom stereocenters. The second-order valence-corrected chi connectivity index (χ2v) is 10.2. The number of hydrogen-bond acceptors (Lipinski definition) is 6. The number of nitrogens with zero attached hydrogens (tertiary/aromatic N) is 3. The molecule has 6 nitrogen and oxygen atoms in total. The summed E-state index contributed by atoms with van der Waals surface area (Å²) in [5.74, 6) is 0.106. The van der Waals surface area contributed by atoms with E-state index < -0.39 is 0 Å². The maximum atomic E-state index is 13.0. The van der Waals surface area contributed by atoms with Crippen LogP contribution in [-0.4, -0.2) is 64.9 Å². The number of benzene rings is 1. The fourth-order valence-electron chi connectivity index (χ4n) is 4.17. The molecule has 2 aromatic heterocycles.